The molecule has 1 unspecified atom stereocenters. The highest BCUT2D eigenvalue weighted by atomic mass is 16.2. The Morgan fingerprint density at radius 1 is 1.14 bits per heavy atom. The van der Waals surface area contributed by atoms with Crippen molar-refractivity contribution in [2.45, 2.75) is 51.1 Å². The number of nitrogens with one attached hydrogen (secondary N) is 1. The van der Waals surface area contributed by atoms with Crippen LogP contribution >= 0.6 is 0 Å². The number of carbonyl (C=O) groups excluding carboxylic acids is 2. The minimum absolute atomic E-state index is 0.118. The molecule has 2 amide bonds. The van der Waals surface area contributed by atoms with E-state index in [1.165, 1.54) is 32.1 Å². The number of primary amides is 1. The van der Waals surface area contributed by atoms with E-state index in [2.05, 4.69) is 15.1 Å². The molecule has 6 nitrogen and oxygen atoms in total. The van der Waals surface area contributed by atoms with Gasteiger partial charge in [0.25, 0.3) is 0 Å². The zero-order chi connectivity index (χ0) is 15.2. The second-order valence-corrected chi connectivity index (χ2v) is 6.30. The summed E-state index contributed by atoms with van der Waals surface area (Å²) in [6.45, 7) is 5.91. The summed E-state index contributed by atoms with van der Waals surface area (Å²) in [5, 5.41) is 2.63. The van der Waals surface area contributed by atoms with Gasteiger partial charge in [0.1, 0.15) is 6.04 Å². The molecule has 21 heavy (non-hydrogen) atoms. The molecule has 1 heterocycles. The van der Waals surface area contributed by atoms with Gasteiger partial charge in [0, 0.05) is 32.2 Å². The maximum atomic E-state index is 11.8. The highest BCUT2D eigenvalue weighted by Crippen LogP contribution is 2.23. The Hall–Kier alpha value is -1.14. The Bertz CT molecular complexity index is 361. The van der Waals surface area contributed by atoms with E-state index >= 15 is 0 Å². The first-order valence-electron chi connectivity index (χ1n) is 8.11. The normalized spacial score (nSPS) is 23.7. The van der Waals surface area contributed by atoms with Crippen molar-refractivity contribution in [1.82, 2.24) is 15.1 Å². The molecule has 2 aliphatic rings. The molecule has 120 valence electrons. The summed E-state index contributed by atoms with van der Waals surface area (Å²) in [6, 6.07) is 0.158. The number of carbonyl (C=O) groups is 2. The number of rotatable bonds is 5. The van der Waals surface area contributed by atoms with Crippen molar-refractivity contribution < 1.29 is 9.59 Å². The monoisotopic (exact) mass is 296 g/mol. The number of nitrogens with two attached hydrogens (primary N) is 1. The summed E-state index contributed by atoms with van der Waals surface area (Å²) in [4.78, 5) is 27.5. The van der Waals surface area contributed by atoms with Crippen LogP contribution in [0.15, 0.2) is 0 Å². The molecular formula is C15H28N4O2. The van der Waals surface area contributed by atoms with Crippen molar-refractivity contribution in [2.75, 3.05) is 32.7 Å². The molecule has 1 saturated heterocycles. The van der Waals surface area contributed by atoms with Gasteiger partial charge >= 0.3 is 0 Å². The molecule has 1 aliphatic heterocycles. The largest absolute Gasteiger partial charge is 0.368 e. The van der Waals surface area contributed by atoms with Gasteiger partial charge in [-0.25, -0.2) is 0 Å². The van der Waals surface area contributed by atoms with Crippen LogP contribution in [0.2, 0.25) is 0 Å². The first-order valence-corrected chi connectivity index (χ1v) is 8.11. The van der Waals surface area contributed by atoms with Crippen LogP contribution in [0, 0.1) is 0 Å². The Kier molecular flexibility index (Phi) is 5.99. The van der Waals surface area contributed by atoms with Crippen molar-refractivity contribution in [2.24, 2.45) is 5.73 Å². The van der Waals surface area contributed by atoms with E-state index in [1.807, 2.05) is 0 Å². The van der Waals surface area contributed by atoms with E-state index in [0.717, 1.165) is 32.2 Å². The third-order valence-corrected chi connectivity index (χ3v) is 4.67. The average molecular weight is 296 g/mol. The molecule has 2 fully saturated rings. The SMILES string of the molecule is CC(NC(=O)CN1CCN(C2CCCCC2)CC1)C(N)=O. The zero-order valence-corrected chi connectivity index (χ0v) is 13.0. The highest BCUT2D eigenvalue weighted by Gasteiger charge is 2.26. The standard InChI is InChI=1S/C15H28N4O2/c1-12(15(16)21)17-14(20)11-18-7-9-19(10-8-18)13-5-3-2-4-6-13/h12-13H,2-11H2,1H3,(H2,16,21)(H,17,20). The van der Waals surface area contributed by atoms with E-state index in [1.54, 1.807) is 6.92 Å². The summed E-state index contributed by atoms with van der Waals surface area (Å²) >= 11 is 0. The van der Waals surface area contributed by atoms with E-state index < -0.39 is 11.9 Å². The van der Waals surface area contributed by atoms with Gasteiger partial charge in [0.2, 0.25) is 11.8 Å². The first kappa shape index (κ1) is 16.2. The van der Waals surface area contributed by atoms with Crippen LogP contribution < -0.4 is 11.1 Å². The van der Waals surface area contributed by atoms with Gasteiger partial charge in [0.15, 0.2) is 0 Å². The van der Waals surface area contributed by atoms with Crippen LogP contribution in [0.25, 0.3) is 0 Å². The number of nitrogens with zero attached hydrogens (tertiary/aromatic N) is 2. The van der Waals surface area contributed by atoms with Crippen LogP contribution in [-0.2, 0) is 9.59 Å². The molecule has 1 aliphatic carbocycles. The summed E-state index contributed by atoms with van der Waals surface area (Å²) in [6.07, 6.45) is 6.76. The van der Waals surface area contributed by atoms with Crippen molar-refractivity contribution in [3.05, 3.63) is 0 Å². The number of piperazine rings is 1. The number of hydrogen-bond donors (Lipinski definition) is 2. The van der Waals surface area contributed by atoms with Crippen molar-refractivity contribution in [3.8, 4) is 0 Å². The summed E-state index contributed by atoms with van der Waals surface area (Å²) in [5.41, 5.74) is 5.14. The maximum Gasteiger partial charge on any atom is 0.239 e. The molecule has 0 bridgehead atoms. The van der Waals surface area contributed by atoms with Crippen molar-refractivity contribution in [1.29, 1.82) is 0 Å². The van der Waals surface area contributed by atoms with Gasteiger partial charge in [-0.2, -0.15) is 0 Å². The molecule has 0 aromatic heterocycles. The topological polar surface area (TPSA) is 78.7 Å². The van der Waals surface area contributed by atoms with Crippen LogP contribution in [0.5, 0.6) is 0 Å². The van der Waals surface area contributed by atoms with Crippen molar-refractivity contribution >= 4 is 11.8 Å². The third kappa shape index (κ3) is 4.97. The fourth-order valence-corrected chi connectivity index (χ4v) is 3.29. The lowest BCUT2D eigenvalue weighted by Crippen LogP contribution is -2.53. The molecule has 0 radical (unpaired) electrons. The Labute approximate surface area is 127 Å². The van der Waals surface area contributed by atoms with E-state index in [4.69, 9.17) is 5.73 Å². The van der Waals surface area contributed by atoms with Crippen LogP contribution in [0.3, 0.4) is 0 Å². The fraction of sp³-hybridized carbons (Fsp3) is 0.867. The molecular weight excluding hydrogens is 268 g/mol. The van der Waals surface area contributed by atoms with Gasteiger partial charge < -0.3 is 11.1 Å². The Morgan fingerprint density at radius 2 is 1.76 bits per heavy atom. The predicted octanol–water partition coefficient (Wildman–Crippen LogP) is -0.0733. The molecule has 0 aromatic carbocycles. The Balaban J connectivity index is 1.68. The van der Waals surface area contributed by atoms with E-state index in [-0.39, 0.29) is 5.91 Å². The molecule has 1 saturated carbocycles. The molecule has 2 rings (SSSR count). The molecule has 0 aromatic rings. The quantitative estimate of drug-likeness (QED) is 0.744. The number of amides is 2. The second-order valence-electron chi connectivity index (χ2n) is 6.30. The third-order valence-electron chi connectivity index (χ3n) is 4.67. The minimum Gasteiger partial charge on any atom is -0.368 e. The smallest absolute Gasteiger partial charge is 0.239 e. The Morgan fingerprint density at radius 3 is 2.33 bits per heavy atom. The molecule has 6 heteroatoms. The highest BCUT2D eigenvalue weighted by molar-refractivity contribution is 5.86. The van der Waals surface area contributed by atoms with Crippen LogP contribution in [0.4, 0.5) is 0 Å². The fourth-order valence-electron chi connectivity index (χ4n) is 3.29. The van der Waals surface area contributed by atoms with Gasteiger partial charge in [-0.1, -0.05) is 19.3 Å². The summed E-state index contributed by atoms with van der Waals surface area (Å²) < 4.78 is 0. The second kappa shape index (κ2) is 7.75. The minimum atomic E-state index is -0.596. The lowest BCUT2D eigenvalue weighted by Gasteiger charge is -2.40. The predicted molar refractivity (Wildman–Crippen MR) is 81.7 cm³/mol. The van der Waals surface area contributed by atoms with Gasteiger partial charge in [-0.15, -0.1) is 0 Å². The van der Waals surface area contributed by atoms with Gasteiger partial charge in [-0.05, 0) is 19.8 Å². The van der Waals surface area contributed by atoms with E-state index in [9.17, 15) is 9.59 Å². The lowest BCUT2D eigenvalue weighted by atomic mass is 9.94. The summed E-state index contributed by atoms with van der Waals surface area (Å²) in [7, 11) is 0. The van der Waals surface area contributed by atoms with Crippen molar-refractivity contribution in [3.63, 3.8) is 0 Å². The first-order chi connectivity index (χ1) is 10.1. The maximum absolute atomic E-state index is 11.8. The van der Waals surface area contributed by atoms with Gasteiger partial charge in [-0.3, -0.25) is 19.4 Å². The molecule has 3 N–H and O–H groups in total. The van der Waals surface area contributed by atoms with E-state index in [0.29, 0.717) is 6.54 Å². The van der Waals surface area contributed by atoms with Gasteiger partial charge in [0.05, 0.1) is 6.54 Å². The van der Waals surface area contributed by atoms with Crippen LogP contribution in [0.1, 0.15) is 39.0 Å². The average Bonchev–Trinajstić information content (AvgIpc) is 2.48. The van der Waals surface area contributed by atoms with Crippen LogP contribution in [-0.4, -0.2) is 66.4 Å². The molecule has 1 atom stereocenters. The number of hydrogen-bond acceptors (Lipinski definition) is 4. The lowest BCUT2D eigenvalue weighted by molar-refractivity contribution is -0.128. The molecule has 0 spiro atoms. The summed E-state index contributed by atoms with van der Waals surface area (Å²) in [5.74, 6) is -0.613. The zero-order valence-electron chi connectivity index (χ0n) is 13.0.